The number of imidazole rings is 1. The molecule has 4 nitrogen and oxygen atoms in total. The summed E-state index contributed by atoms with van der Waals surface area (Å²) in [7, 11) is 0. The highest BCUT2D eigenvalue weighted by Crippen LogP contribution is 2.17. The molecule has 0 fully saturated rings. The zero-order valence-corrected chi connectivity index (χ0v) is 11.0. The summed E-state index contributed by atoms with van der Waals surface area (Å²) in [6.07, 6.45) is 6.73. The molecule has 0 aromatic carbocycles. The van der Waals surface area contributed by atoms with Gasteiger partial charge in [-0.05, 0) is 30.7 Å². The summed E-state index contributed by atoms with van der Waals surface area (Å²) in [5, 5.41) is 0. The van der Waals surface area contributed by atoms with E-state index in [0.29, 0.717) is 17.9 Å². The highest BCUT2D eigenvalue weighted by Gasteiger charge is 2.10. The minimum Gasteiger partial charge on any atom is -0.325 e. The highest BCUT2D eigenvalue weighted by molar-refractivity contribution is 5.49. The normalized spacial score (nSPS) is 10.7. The van der Waals surface area contributed by atoms with Crippen LogP contribution in [0.1, 0.15) is 11.1 Å². The number of nitrogens with zero attached hydrogens (tertiary/aromatic N) is 4. The van der Waals surface area contributed by atoms with Gasteiger partial charge in [-0.15, -0.1) is 0 Å². The van der Waals surface area contributed by atoms with E-state index in [9.17, 15) is 4.39 Å². The fraction of sp³-hybridized carbons (Fsp3) is 0.133. The van der Waals surface area contributed by atoms with Gasteiger partial charge in [-0.2, -0.15) is 4.39 Å². The molecule has 0 saturated carbocycles. The largest absolute Gasteiger partial charge is 0.325 e. The van der Waals surface area contributed by atoms with Crippen LogP contribution in [0.3, 0.4) is 0 Å². The number of aryl methyl sites for hydroxylation is 1. The van der Waals surface area contributed by atoms with Crippen molar-refractivity contribution in [3.63, 3.8) is 0 Å². The Labute approximate surface area is 116 Å². The third-order valence-corrected chi connectivity index (χ3v) is 3.00. The third kappa shape index (κ3) is 2.42. The summed E-state index contributed by atoms with van der Waals surface area (Å²) < 4.78 is 15.6. The van der Waals surface area contributed by atoms with Gasteiger partial charge in [-0.3, -0.25) is 4.98 Å². The van der Waals surface area contributed by atoms with Gasteiger partial charge < -0.3 is 4.57 Å². The molecule has 0 saturated heterocycles. The van der Waals surface area contributed by atoms with Crippen LogP contribution in [-0.2, 0) is 6.54 Å². The van der Waals surface area contributed by atoms with Crippen LogP contribution in [0.5, 0.6) is 0 Å². The molecule has 0 unspecified atom stereocenters. The number of hydrogen-bond acceptors (Lipinski definition) is 3. The molecule has 0 amide bonds. The Morgan fingerprint density at radius 3 is 2.85 bits per heavy atom. The molecule has 20 heavy (non-hydrogen) atoms. The maximum atomic E-state index is 13.7. The number of aromatic nitrogens is 4. The number of rotatable bonds is 3. The molecule has 0 bridgehead atoms. The van der Waals surface area contributed by atoms with E-state index in [1.165, 1.54) is 6.20 Å². The molecule has 0 radical (unpaired) electrons. The molecule has 0 aliphatic heterocycles. The Morgan fingerprint density at radius 2 is 2.05 bits per heavy atom. The second-order valence-electron chi connectivity index (χ2n) is 4.56. The molecule has 3 aromatic rings. The van der Waals surface area contributed by atoms with Crippen molar-refractivity contribution in [2.45, 2.75) is 13.5 Å². The lowest BCUT2D eigenvalue weighted by molar-refractivity contribution is 0.558. The zero-order valence-electron chi connectivity index (χ0n) is 11.0. The van der Waals surface area contributed by atoms with Crippen molar-refractivity contribution in [2.75, 3.05) is 0 Å². The first-order valence-electron chi connectivity index (χ1n) is 6.27. The molecule has 0 aliphatic rings. The molecule has 0 N–H and O–H groups in total. The zero-order chi connectivity index (χ0) is 13.9. The third-order valence-electron chi connectivity index (χ3n) is 3.00. The SMILES string of the molecule is Cc1cnc(F)c(Cn2ccnc2-c2ccccn2)c1. The first-order valence-corrected chi connectivity index (χ1v) is 6.27. The van der Waals surface area contributed by atoms with Gasteiger partial charge in [-0.25, -0.2) is 9.97 Å². The van der Waals surface area contributed by atoms with Crippen LogP contribution in [0.2, 0.25) is 0 Å². The maximum absolute atomic E-state index is 13.7. The van der Waals surface area contributed by atoms with Crippen molar-refractivity contribution in [3.8, 4) is 11.5 Å². The van der Waals surface area contributed by atoms with Gasteiger partial charge in [0.15, 0.2) is 5.82 Å². The predicted molar refractivity (Wildman–Crippen MR) is 73.5 cm³/mol. The predicted octanol–water partition coefficient (Wildman–Crippen LogP) is 2.84. The average molecular weight is 268 g/mol. The van der Waals surface area contributed by atoms with Crippen molar-refractivity contribution >= 4 is 0 Å². The van der Waals surface area contributed by atoms with Gasteiger partial charge >= 0.3 is 0 Å². The lowest BCUT2D eigenvalue weighted by atomic mass is 10.2. The van der Waals surface area contributed by atoms with Crippen molar-refractivity contribution in [1.82, 2.24) is 19.5 Å². The van der Waals surface area contributed by atoms with Crippen LogP contribution >= 0.6 is 0 Å². The van der Waals surface area contributed by atoms with Crippen LogP contribution in [0.25, 0.3) is 11.5 Å². The topological polar surface area (TPSA) is 43.6 Å². The summed E-state index contributed by atoms with van der Waals surface area (Å²) in [6, 6.07) is 7.42. The van der Waals surface area contributed by atoms with Crippen molar-refractivity contribution in [1.29, 1.82) is 0 Å². The molecule has 100 valence electrons. The van der Waals surface area contributed by atoms with Gasteiger partial charge in [-0.1, -0.05) is 6.07 Å². The molecule has 5 heteroatoms. The second kappa shape index (κ2) is 5.21. The Hall–Kier alpha value is -2.56. The first-order chi connectivity index (χ1) is 9.74. The summed E-state index contributed by atoms with van der Waals surface area (Å²) in [4.78, 5) is 12.3. The van der Waals surface area contributed by atoms with E-state index in [-0.39, 0.29) is 0 Å². The Kier molecular flexibility index (Phi) is 3.25. The monoisotopic (exact) mass is 268 g/mol. The summed E-state index contributed by atoms with van der Waals surface area (Å²) in [5.41, 5.74) is 2.24. The van der Waals surface area contributed by atoms with E-state index in [0.717, 1.165) is 11.3 Å². The van der Waals surface area contributed by atoms with Crippen LogP contribution in [0.15, 0.2) is 49.1 Å². The van der Waals surface area contributed by atoms with Crippen molar-refractivity contribution in [3.05, 3.63) is 66.1 Å². The van der Waals surface area contributed by atoms with Crippen LogP contribution in [0, 0.1) is 12.9 Å². The van der Waals surface area contributed by atoms with Crippen molar-refractivity contribution < 1.29 is 4.39 Å². The molecule has 3 aromatic heterocycles. The smallest absolute Gasteiger partial charge is 0.217 e. The summed E-state index contributed by atoms with van der Waals surface area (Å²) in [6.45, 7) is 2.27. The minimum atomic E-state index is -0.448. The number of pyridine rings is 2. The van der Waals surface area contributed by atoms with Gasteiger partial charge in [0.05, 0.1) is 6.54 Å². The Morgan fingerprint density at radius 1 is 1.15 bits per heavy atom. The average Bonchev–Trinajstić information content (AvgIpc) is 2.92. The van der Waals surface area contributed by atoms with Gasteiger partial charge in [0.1, 0.15) is 5.69 Å². The van der Waals surface area contributed by atoms with Crippen LogP contribution in [0.4, 0.5) is 4.39 Å². The van der Waals surface area contributed by atoms with Gasteiger partial charge in [0.2, 0.25) is 5.95 Å². The lowest BCUT2D eigenvalue weighted by Gasteiger charge is -2.08. The Balaban J connectivity index is 1.97. The van der Waals surface area contributed by atoms with Crippen molar-refractivity contribution in [2.24, 2.45) is 0 Å². The van der Waals surface area contributed by atoms with Crippen LogP contribution in [-0.4, -0.2) is 19.5 Å². The van der Waals surface area contributed by atoms with Gasteiger partial charge in [0.25, 0.3) is 0 Å². The van der Waals surface area contributed by atoms with E-state index in [2.05, 4.69) is 15.0 Å². The van der Waals surface area contributed by atoms with E-state index < -0.39 is 5.95 Å². The molecule has 0 spiro atoms. The molecular formula is C15H13FN4. The number of hydrogen-bond donors (Lipinski definition) is 0. The fourth-order valence-corrected chi connectivity index (χ4v) is 2.07. The minimum absolute atomic E-state index is 0.381. The summed E-state index contributed by atoms with van der Waals surface area (Å²) >= 11 is 0. The highest BCUT2D eigenvalue weighted by atomic mass is 19.1. The molecule has 3 rings (SSSR count). The van der Waals surface area contributed by atoms with Gasteiger partial charge in [0, 0.05) is 30.4 Å². The lowest BCUT2D eigenvalue weighted by Crippen LogP contribution is -2.05. The van der Waals surface area contributed by atoms with E-state index >= 15 is 0 Å². The second-order valence-corrected chi connectivity index (χ2v) is 4.56. The molecule has 3 heterocycles. The molecule has 0 aliphatic carbocycles. The first kappa shape index (κ1) is 12.5. The van der Waals surface area contributed by atoms with E-state index in [4.69, 9.17) is 0 Å². The fourth-order valence-electron chi connectivity index (χ4n) is 2.07. The van der Waals surface area contributed by atoms with E-state index in [1.54, 1.807) is 18.5 Å². The Bertz CT molecular complexity index is 722. The maximum Gasteiger partial charge on any atom is 0.217 e. The molecule has 0 atom stereocenters. The molecular weight excluding hydrogens is 255 g/mol. The van der Waals surface area contributed by atoms with E-state index in [1.807, 2.05) is 35.9 Å². The standard InChI is InChI=1S/C15H13FN4/c1-11-8-12(14(16)19-9-11)10-20-7-6-18-15(20)13-4-2-3-5-17-13/h2-9H,10H2,1H3. The summed E-state index contributed by atoms with van der Waals surface area (Å²) in [5.74, 6) is 0.266. The van der Waals surface area contributed by atoms with Crippen LogP contribution < -0.4 is 0 Å². The number of halogens is 1. The quantitative estimate of drug-likeness (QED) is 0.686.